The molecular formula is C14H17N3S. The van der Waals surface area contributed by atoms with Gasteiger partial charge in [-0.3, -0.25) is 0 Å². The normalized spacial score (nSPS) is 11.7. The molecule has 18 heavy (non-hydrogen) atoms. The molecule has 0 atom stereocenters. The zero-order chi connectivity index (χ0) is 13.3. The summed E-state index contributed by atoms with van der Waals surface area (Å²) in [5.74, 6) is 0. The maximum atomic E-state index is 9.01. The van der Waals surface area contributed by atoms with Gasteiger partial charge in [0.2, 0.25) is 0 Å². The number of fused-ring (bicyclic) bond motifs is 1. The Kier molecular flexibility index (Phi) is 3.27. The van der Waals surface area contributed by atoms with Crippen LogP contribution in [0, 0.1) is 16.1 Å². The highest BCUT2D eigenvalue weighted by atomic mass is 32.1. The van der Waals surface area contributed by atoms with E-state index in [0.29, 0.717) is 5.56 Å². The van der Waals surface area contributed by atoms with Crippen LogP contribution in [0.3, 0.4) is 0 Å². The number of aromatic amines is 1. The molecule has 94 valence electrons. The summed E-state index contributed by atoms with van der Waals surface area (Å²) in [6.07, 6.45) is 2.14. The first-order valence-corrected chi connectivity index (χ1v) is 6.56. The summed E-state index contributed by atoms with van der Waals surface area (Å²) in [4.78, 5) is 3.21. The van der Waals surface area contributed by atoms with Crippen molar-refractivity contribution in [3.05, 3.63) is 28.5 Å². The highest BCUT2D eigenvalue weighted by molar-refractivity contribution is 7.71. The first kappa shape index (κ1) is 12.8. The van der Waals surface area contributed by atoms with Gasteiger partial charge < -0.3 is 9.55 Å². The van der Waals surface area contributed by atoms with Crippen LogP contribution in [0.2, 0.25) is 0 Å². The fourth-order valence-electron chi connectivity index (χ4n) is 2.50. The molecule has 1 N–H and O–H groups in total. The lowest BCUT2D eigenvalue weighted by Crippen LogP contribution is -2.26. The van der Waals surface area contributed by atoms with Gasteiger partial charge in [0.25, 0.3) is 0 Å². The predicted molar refractivity (Wildman–Crippen MR) is 76.1 cm³/mol. The summed E-state index contributed by atoms with van der Waals surface area (Å²) in [5, 5.41) is 9.01. The van der Waals surface area contributed by atoms with Gasteiger partial charge in [-0.2, -0.15) is 5.26 Å². The van der Waals surface area contributed by atoms with Crippen molar-refractivity contribution in [1.29, 1.82) is 5.26 Å². The maximum Gasteiger partial charge on any atom is 0.178 e. The van der Waals surface area contributed by atoms with Crippen molar-refractivity contribution >= 4 is 23.3 Å². The molecule has 2 rings (SSSR count). The number of H-pyrrole nitrogens is 1. The fourth-order valence-corrected chi connectivity index (χ4v) is 2.95. The summed E-state index contributed by atoms with van der Waals surface area (Å²) in [6, 6.07) is 7.81. The van der Waals surface area contributed by atoms with Crippen LogP contribution >= 0.6 is 12.2 Å². The molecule has 0 saturated heterocycles. The van der Waals surface area contributed by atoms with E-state index in [1.165, 1.54) is 0 Å². The molecule has 0 aliphatic carbocycles. The Labute approximate surface area is 112 Å². The van der Waals surface area contributed by atoms with Crippen molar-refractivity contribution in [2.45, 2.75) is 39.2 Å². The molecule has 0 spiro atoms. The Morgan fingerprint density at radius 1 is 1.44 bits per heavy atom. The van der Waals surface area contributed by atoms with Gasteiger partial charge >= 0.3 is 0 Å². The molecule has 1 aromatic carbocycles. The molecule has 0 saturated carbocycles. The third kappa shape index (κ3) is 2.06. The van der Waals surface area contributed by atoms with E-state index in [1.54, 1.807) is 0 Å². The molecule has 0 unspecified atom stereocenters. The number of imidazole rings is 1. The van der Waals surface area contributed by atoms with E-state index in [-0.39, 0.29) is 5.54 Å². The Balaban J connectivity index is 2.74. The zero-order valence-corrected chi connectivity index (χ0v) is 11.8. The molecular weight excluding hydrogens is 242 g/mol. The summed E-state index contributed by atoms with van der Waals surface area (Å²) >= 11 is 5.42. The Morgan fingerprint density at radius 2 is 2.17 bits per heavy atom. The van der Waals surface area contributed by atoms with Crippen LogP contribution in [0.5, 0.6) is 0 Å². The predicted octanol–water partition coefficient (Wildman–Crippen LogP) is 4.11. The van der Waals surface area contributed by atoms with Crippen LogP contribution in [0.4, 0.5) is 0 Å². The second-order valence-corrected chi connectivity index (χ2v) is 5.56. The summed E-state index contributed by atoms with van der Waals surface area (Å²) in [6.45, 7) is 6.53. The van der Waals surface area contributed by atoms with E-state index < -0.39 is 0 Å². The molecule has 0 fully saturated rings. The Morgan fingerprint density at radius 3 is 2.78 bits per heavy atom. The lowest BCUT2D eigenvalue weighted by Gasteiger charge is -2.27. The largest absolute Gasteiger partial charge is 0.331 e. The van der Waals surface area contributed by atoms with Gasteiger partial charge in [0.05, 0.1) is 22.7 Å². The highest BCUT2D eigenvalue weighted by Gasteiger charge is 2.22. The van der Waals surface area contributed by atoms with Gasteiger partial charge in [-0.1, -0.05) is 13.3 Å². The van der Waals surface area contributed by atoms with Crippen LogP contribution in [0.25, 0.3) is 11.0 Å². The van der Waals surface area contributed by atoms with Crippen molar-refractivity contribution < 1.29 is 0 Å². The topological polar surface area (TPSA) is 44.5 Å². The van der Waals surface area contributed by atoms with Gasteiger partial charge in [0.1, 0.15) is 0 Å². The molecule has 2 aromatic rings. The molecule has 0 amide bonds. The number of aromatic nitrogens is 2. The van der Waals surface area contributed by atoms with Crippen molar-refractivity contribution in [3.63, 3.8) is 0 Å². The molecule has 1 aromatic heterocycles. The van der Waals surface area contributed by atoms with E-state index in [1.807, 2.05) is 18.2 Å². The number of nitrogens with zero attached hydrogens (tertiary/aromatic N) is 2. The average molecular weight is 259 g/mol. The van der Waals surface area contributed by atoms with Crippen LogP contribution in [0.15, 0.2) is 18.2 Å². The monoisotopic (exact) mass is 259 g/mol. The smallest absolute Gasteiger partial charge is 0.178 e. The number of hydrogen-bond donors (Lipinski definition) is 1. The fraction of sp³-hybridized carbons (Fsp3) is 0.429. The SMILES string of the molecule is CCCC(C)(C)n1c(=S)[nH]c2ccc(C#N)cc21. The van der Waals surface area contributed by atoms with Gasteiger partial charge in [-0.15, -0.1) is 0 Å². The summed E-state index contributed by atoms with van der Waals surface area (Å²) in [7, 11) is 0. The quantitative estimate of drug-likeness (QED) is 0.843. The first-order chi connectivity index (χ1) is 8.49. The number of hydrogen-bond acceptors (Lipinski definition) is 2. The number of benzene rings is 1. The van der Waals surface area contributed by atoms with E-state index in [9.17, 15) is 0 Å². The van der Waals surface area contributed by atoms with E-state index >= 15 is 0 Å². The standard InChI is InChI=1S/C14H17N3S/c1-4-7-14(2,3)17-12-8-10(9-15)5-6-11(12)16-13(17)18/h5-6,8H,4,7H2,1-3H3,(H,16,18). The zero-order valence-electron chi connectivity index (χ0n) is 10.9. The molecule has 0 radical (unpaired) electrons. The lowest BCUT2D eigenvalue weighted by molar-refractivity contribution is 0.330. The third-order valence-electron chi connectivity index (χ3n) is 3.28. The minimum atomic E-state index is -0.0435. The molecule has 0 aliphatic heterocycles. The second kappa shape index (κ2) is 4.58. The van der Waals surface area contributed by atoms with Gasteiger partial charge in [-0.05, 0) is 50.7 Å². The van der Waals surface area contributed by atoms with Crippen LogP contribution < -0.4 is 0 Å². The van der Waals surface area contributed by atoms with E-state index in [0.717, 1.165) is 28.6 Å². The Bertz CT molecular complexity index is 670. The first-order valence-electron chi connectivity index (χ1n) is 6.15. The Hall–Kier alpha value is -1.60. The second-order valence-electron chi connectivity index (χ2n) is 5.17. The molecule has 4 heteroatoms. The number of nitrogens with one attached hydrogen (secondary N) is 1. The molecule has 1 heterocycles. The average Bonchev–Trinajstić information content (AvgIpc) is 2.64. The summed E-state index contributed by atoms with van der Waals surface area (Å²) < 4.78 is 2.85. The summed E-state index contributed by atoms with van der Waals surface area (Å²) in [5.41, 5.74) is 2.62. The van der Waals surface area contributed by atoms with Crippen LogP contribution in [-0.2, 0) is 5.54 Å². The number of rotatable bonds is 3. The molecule has 3 nitrogen and oxygen atoms in total. The minimum absolute atomic E-state index is 0.0435. The minimum Gasteiger partial charge on any atom is -0.331 e. The van der Waals surface area contributed by atoms with E-state index in [2.05, 4.69) is 36.4 Å². The molecule has 0 bridgehead atoms. The third-order valence-corrected chi connectivity index (χ3v) is 3.56. The van der Waals surface area contributed by atoms with Crippen molar-refractivity contribution in [3.8, 4) is 6.07 Å². The van der Waals surface area contributed by atoms with Crippen molar-refractivity contribution in [2.24, 2.45) is 0 Å². The van der Waals surface area contributed by atoms with Gasteiger partial charge in [0, 0.05) is 5.54 Å². The maximum absolute atomic E-state index is 9.01. The van der Waals surface area contributed by atoms with Crippen LogP contribution in [-0.4, -0.2) is 9.55 Å². The van der Waals surface area contributed by atoms with E-state index in [4.69, 9.17) is 17.5 Å². The lowest BCUT2D eigenvalue weighted by atomic mass is 9.98. The molecule has 0 aliphatic rings. The highest BCUT2D eigenvalue weighted by Crippen LogP contribution is 2.28. The van der Waals surface area contributed by atoms with Crippen molar-refractivity contribution in [2.75, 3.05) is 0 Å². The van der Waals surface area contributed by atoms with Gasteiger partial charge in [0.15, 0.2) is 4.77 Å². The number of nitriles is 1. The van der Waals surface area contributed by atoms with Crippen LogP contribution in [0.1, 0.15) is 39.2 Å². The van der Waals surface area contributed by atoms with Gasteiger partial charge in [-0.25, -0.2) is 0 Å². The van der Waals surface area contributed by atoms with Crippen molar-refractivity contribution in [1.82, 2.24) is 9.55 Å².